The number of nitrogens with zero attached hydrogens (tertiary/aromatic N) is 6. The summed E-state index contributed by atoms with van der Waals surface area (Å²) < 4.78 is 7.41. The van der Waals surface area contributed by atoms with E-state index in [1.54, 1.807) is 7.11 Å². The van der Waals surface area contributed by atoms with Crippen molar-refractivity contribution in [2.45, 2.75) is 32.5 Å². The number of methoxy groups -OCH3 is 1. The normalized spacial score (nSPS) is 18.7. The molecule has 7 heteroatoms. The molecule has 128 valence electrons. The van der Waals surface area contributed by atoms with E-state index in [0.717, 1.165) is 63.9 Å². The molecule has 0 atom stereocenters. The first-order chi connectivity index (χ1) is 11.8. The Morgan fingerprint density at radius 2 is 1.79 bits per heavy atom. The van der Waals surface area contributed by atoms with Crippen molar-refractivity contribution in [2.75, 3.05) is 33.3 Å². The molecule has 7 nitrogen and oxygen atoms in total. The number of pyridine rings is 1. The molecule has 2 aromatic rings. The first-order valence-corrected chi connectivity index (χ1v) is 8.66. The number of hydrogen-bond acceptors (Lipinski definition) is 6. The Bertz CT molecular complexity index is 675. The van der Waals surface area contributed by atoms with Crippen molar-refractivity contribution in [1.82, 2.24) is 29.5 Å². The number of rotatable bonds is 5. The summed E-state index contributed by atoms with van der Waals surface area (Å²) in [5, 5.41) is 8.68. The quantitative estimate of drug-likeness (QED) is 0.814. The molecule has 0 radical (unpaired) electrons. The molecule has 0 bridgehead atoms. The number of aromatic nitrogens is 4. The zero-order chi connectivity index (χ0) is 16.4. The van der Waals surface area contributed by atoms with Crippen molar-refractivity contribution in [1.29, 1.82) is 0 Å². The molecular weight excluding hydrogens is 304 g/mol. The van der Waals surface area contributed by atoms with Crippen LogP contribution >= 0.6 is 0 Å². The lowest BCUT2D eigenvalue weighted by molar-refractivity contribution is 0.118. The van der Waals surface area contributed by atoms with Gasteiger partial charge in [-0.3, -0.25) is 9.80 Å². The molecular formula is C17H24N6O. The monoisotopic (exact) mass is 328 g/mol. The standard InChI is InChI=1S/C17H24N6O/c1-24-17-5-4-14(11-18-17)12-21-7-9-22(10-8-21)13-16-20-19-15-3-2-6-23(15)16/h4-5,11H,2-3,6-10,12-13H2,1H3. The van der Waals surface area contributed by atoms with Crippen LogP contribution in [0.5, 0.6) is 5.88 Å². The fourth-order valence-electron chi connectivity index (χ4n) is 3.52. The van der Waals surface area contributed by atoms with Crippen LogP contribution in [0.1, 0.15) is 23.6 Å². The summed E-state index contributed by atoms with van der Waals surface area (Å²) in [5.41, 5.74) is 1.24. The second-order valence-electron chi connectivity index (χ2n) is 6.55. The topological polar surface area (TPSA) is 59.3 Å². The Morgan fingerprint density at radius 3 is 2.50 bits per heavy atom. The molecule has 0 N–H and O–H groups in total. The molecule has 2 aliphatic rings. The zero-order valence-electron chi connectivity index (χ0n) is 14.2. The van der Waals surface area contributed by atoms with Crippen LogP contribution in [-0.2, 0) is 26.1 Å². The number of ether oxygens (including phenoxy) is 1. The minimum atomic E-state index is 0.671. The van der Waals surface area contributed by atoms with E-state index in [0.29, 0.717) is 5.88 Å². The van der Waals surface area contributed by atoms with E-state index < -0.39 is 0 Å². The van der Waals surface area contributed by atoms with Crippen LogP contribution < -0.4 is 4.74 Å². The van der Waals surface area contributed by atoms with Gasteiger partial charge in [-0.15, -0.1) is 10.2 Å². The van der Waals surface area contributed by atoms with Gasteiger partial charge in [-0.2, -0.15) is 0 Å². The number of fused-ring (bicyclic) bond motifs is 1. The molecule has 0 aromatic carbocycles. The van der Waals surface area contributed by atoms with Gasteiger partial charge in [0.25, 0.3) is 0 Å². The molecule has 0 amide bonds. The molecule has 0 saturated carbocycles. The van der Waals surface area contributed by atoms with Crippen LogP contribution in [0.2, 0.25) is 0 Å². The van der Waals surface area contributed by atoms with E-state index in [1.807, 2.05) is 12.3 Å². The van der Waals surface area contributed by atoms with Crippen LogP contribution in [0.3, 0.4) is 0 Å². The number of piperazine rings is 1. The average molecular weight is 328 g/mol. The third kappa shape index (κ3) is 3.27. The summed E-state index contributed by atoms with van der Waals surface area (Å²) in [5.74, 6) is 2.97. The third-order valence-electron chi connectivity index (χ3n) is 4.93. The maximum atomic E-state index is 5.11. The molecule has 24 heavy (non-hydrogen) atoms. The summed E-state index contributed by atoms with van der Waals surface area (Å²) in [4.78, 5) is 9.25. The van der Waals surface area contributed by atoms with Gasteiger partial charge in [0, 0.05) is 58.0 Å². The predicted octanol–water partition coefficient (Wildman–Crippen LogP) is 0.946. The van der Waals surface area contributed by atoms with Crippen molar-refractivity contribution in [2.24, 2.45) is 0 Å². The summed E-state index contributed by atoms with van der Waals surface area (Å²) in [6, 6.07) is 4.02. The smallest absolute Gasteiger partial charge is 0.212 e. The first kappa shape index (κ1) is 15.5. The van der Waals surface area contributed by atoms with Gasteiger partial charge in [0.2, 0.25) is 5.88 Å². The fraction of sp³-hybridized carbons (Fsp3) is 0.588. The molecule has 1 saturated heterocycles. The van der Waals surface area contributed by atoms with Crippen molar-refractivity contribution in [3.05, 3.63) is 35.5 Å². The Labute approximate surface area is 142 Å². The summed E-state index contributed by atoms with van der Waals surface area (Å²) >= 11 is 0. The predicted molar refractivity (Wildman–Crippen MR) is 89.7 cm³/mol. The summed E-state index contributed by atoms with van der Waals surface area (Å²) in [6.07, 6.45) is 4.20. The summed E-state index contributed by atoms with van der Waals surface area (Å²) in [6.45, 7) is 7.26. The minimum Gasteiger partial charge on any atom is -0.481 e. The lowest BCUT2D eigenvalue weighted by atomic mass is 10.2. The van der Waals surface area contributed by atoms with Crippen LogP contribution in [0.15, 0.2) is 18.3 Å². The van der Waals surface area contributed by atoms with Crippen molar-refractivity contribution in [3.8, 4) is 5.88 Å². The van der Waals surface area contributed by atoms with Crippen LogP contribution in [0.4, 0.5) is 0 Å². The van der Waals surface area contributed by atoms with Crippen LogP contribution in [0.25, 0.3) is 0 Å². The molecule has 4 heterocycles. The highest BCUT2D eigenvalue weighted by Gasteiger charge is 2.22. The molecule has 2 aliphatic heterocycles. The van der Waals surface area contributed by atoms with E-state index in [1.165, 1.54) is 12.0 Å². The van der Waals surface area contributed by atoms with Crippen LogP contribution in [0, 0.1) is 0 Å². The fourth-order valence-corrected chi connectivity index (χ4v) is 3.52. The Morgan fingerprint density at radius 1 is 1.00 bits per heavy atom. The maximum absolute atomic E-state index is 5.11. The van der Waals surface area contributed by atoms with Gasteiger partial charge in [0.1, 0.15) is 11.6 Å². The Kier molecular flexibility index (Phi) is 4.44. The van der Waals surface area contributed by atoms with Gasteiger partial charge in [0.15, 0.2) is 0 Å². The SMILES string of the molecule is COc1ccc(CN2CCN(Cc3nnc4n3CCC4)CC2)cn1. The Balaban J connectivity index is 1.28. The van der Waals surface area contributed by atoms with E-state index in [-0.39, 0.29) is 0 Å². The van der Waals surface area contributed by atoms with Gasteiger partial charge in [-0.05, 0) is 12.0 Å². The molecule has 0 aliphatic carbocycles. The zero-order valence-corrected chi connectivity index (χ0v) is 14.2. The van der Waals surface area contributed by atoms with E-state index in [9.17, 15) is 0 Å². The van der Waals surface area contributed by atoms with Gasteiger partial charge < -0.3 is 9.30 Å². The molecule has 4 rings (SSSR count). The highest BCUT2D eigenvalue weighted by atomic mass is 16.5. The highest BCUT2D eigenvalue weighted by molar-refractivity contribution is 5.17. The molecule has 0 unspecified atom stereocenters. The largest absolute Gasteiger partial charge is 0.481 e. The second kappa shape index (κ2) is 6.86. The highest BCUT2D eigenvalue weighted by Crippen LogP contribution is 2.17. The third-order valence-corrected chi connectivity index (χ3v) is 4.93. The molecule has 1 fully saturated rings. The first-order valence-electron chi connectivity index (χ1n) is 8.66. The van der Waals surface area contributed by atoms with Gasteiger partial charge in [-0.1, -0.05) is 6.07 Å². The molecule has 0 spiro atoms. The number of aryl methyl sites for hydroxylation is 1. The van der Waals surface area contributed by atoms with E-state index in [2.05, 4.69) is 35.6 Å². The second-order valence-corrected chi connectivity index (χ2v) is 6.55. The Hall–Kier alpha value is -1.99. The average Bonchev–Trinajstić information content (AvgIpc) is 3.22. The van der Waals surface area contributed by atoms with Gasteiger partial charge in [0.05, 0.1) is 13.7 Å². The lowest BCUT2D eigenvalue weighted by Gasteiger charge is -2.34. The van der Waals surface area contributed by atoms with E-state index in [4.69, 9.17) is 4.74 Å². The van der Waals surface area contributed by atoms with E-state index >= 15 is 0 Å². The minimum absolute atomic E-state index is 0.671. The van der Waals surface area contributed by atoms with Crippen LogP contribution in [-0.4, -0.2) is 62.8 Å². The van der Waals surface area contributed by atoms with Gasteiger partial charge >= 0.3 is 0 Å². The maximum Gasteiger partial charge on any atom is 0.212 e. The lowest BCUT2D eigenvalue weighted by Crippen LogP contribution is -2.45. The van der Waals surface area contributed by atoms with Crippen molar-refractivity contribution < 1.29 is 4.74 Å². The van der Waals surface area contributed by atoms with Crippen molar-refractivity contribution in [3.63, 3.8) is 0 Å². The van der Waals surface area contributed by atoms with Gasteiger partial charge in [-0.25, -0.2) is 4.98 Å². The summed E-state index contributed by atoms with van der Waals surface area (Å²) in [7, 11) is 1.64. The number of hydrogen-bond donors (Lipinski definition) is 0. The molecule has 2 aromatic heterocycles. The van der Waals surface area contributed by atoms with Crippen molar-refractivity contribution >= 4 is 0 Å².